The van der Waals surface area contributed by atoms with Crippen molar-refractivity contribution in [3.8, 4) is 0 Å². The highest BCUT2D eigenvalue weighted by Gasteiger charge is 2.30. The summed E-state index contributed by atoms with van der Waals surface area (Å²) in [6, 6.07) is 10.9. The van der Waals surface area contributed by atoms with E-state index in [1.165, 1.54) is 12.1 Å². The van der Waals surface area contributed by atoms with Gasteiger partial charge in [-0.25, -0.2) is 0 Å². The molecule has 3 rings (SSSR count). The number of halogens is 3. The molecule has 148 valence electrons. The van der Waals surface area contributed by atoms with E-state index in [9.17, 15) is 22.8 Å². The molecule has 3 N–H and O–H groups in total. The van der Waals surface area contributed by atoms with E-state index in [4.69, 9.17) is 0 Å². The molecule has 1 heterocycles. The Hall–Kier alpha value is -2.87. The highest BCUT2D eigenvalue weighted by atomic mass is 19.4. The molecule has 0 aromatic heterocycles. The highest BCUT2D eigenvalue weighted by Crippen LogP contribution is 2.29. The average Bonchev–Trinajstić information content (AvgIpc) is 3.14. The van der Waals surface area contributed by atoms with Gasteiger partial charge in [0.2, 0.25) is 5.91 Å². The van der Waals surface area contributed by atoms with Crippen molar-refractivity contribution in [3.05, 3.63) is 59.7 Å². The first-order chi connectivity index (χ1) is 13.3. The second kappa shape index (κ2) is 8.43. The summed E-state index contributed by atoms with van der Waals surface area (Å²) in [6.07, 6.45) is -2.15. The predicted molar refractivity (Wildman–Crippen MR) is 100 cm³/mol. The molecule has 1 aliphatic rings. The zero-order valence-corrected chi connectivity index (χ0v) is 15.0. The van der Waals surface area contributed by atoms with Gasteiger partial charge in [-0.1, -0.05) is 12.1 Å². The summed E-state index contributed by atoms with van der Waals surface area (Å²) >= 11 is 0. The quantitative estimate of drug-likeness (QED) is 0.721. The second-order valence-electron chi connectivity index (χ2n) is 6.66. The Morgan fingerprint density at radius 1 is 1.04 bits per heavy atom. The van der Waals surface area contributed by atoms with Gasteiger partial charge in [0, 0.05) is 29.4 Å². The number of nitrogens with one attached hydrogen (secondary N) is 3. The van der Waals surface area contributed by atoms with Crippen LogP contribution < -0.4 is 16.0 Å². The van der Waals surface area contributed by atoms with Crippen molar-refractivity contribution in [2.75, 3.05) is 17.2 Å². The van der Waals surface area contributed by atoms with E-state index in [1.807, 2.05) is 0 Å². The van der Waals surface area contributed by atoms with Crippen LogP contribution in [0.4, 0.5) is 24.5 Å². The van der Waals surface area contributed by atoms with Crippen molar-refractivity contribution in [1.29, 1.82) is 0 Å². The van der Waals surface area contributed by atoms with Crippen LogP contribution in [0.5, 0.6) is 0 Å². The van der Waals surface area contributed by atoms with Crippen LogP contribution >= 0.6 is 0 Å². The van der Waals surface area contributed by atoms with Gasteiger partial charge >= 0.3 is 6.18 Å². The minimum Gasteiger partial charge on any atom is -0.326 e. The van der Waals surface area contributed by atoms with Crippen LogP contribution in [0.3, 0.4) is 0 Å². The number of amides is 2. The van der Waals surface area contributed by atoms with Gasteiger partial charge in [0.1, 0.15) is 0 Å². The van der Waals surface area contributed by atoms with Crippen LogP contribution in [0.2, 0.25) is 0 Å². The topological polar surface area (TPSA) is 70.2 Å². The summed E-state index contributed by atoms with van der Waals surface area (Å²) in [5.41, 5.74) is -0.109. The fourth-order valence-corrected chi connectivity index (χ4v) is 3.08. The molecule has 1 atom stereocenters. The van der Waals surface area contributed by atoms with E-state index in [2.05, 4.69) is 16.0 Å². The van der Waals surface area contributed by atoms with Crippen LogP contribution in [0.1, 0.15) is 35.2 Å². The summed E-state index contributed by atoms with van der Waals surface area (Å²) in [5.74, 6) is -0.800. The minimum atomic E-state index is -4.52. The van der Waals surface area contributed by atoms with E-state index in [0.29, 0.717) is 17.8 Å². The molecule has 0 radical (unpaired) electrons. The van der Waals surface area contributed by atoms with Gasteiger partial charge in [0.15, 0.2) is 0 Å². The fourth-order valence-electron chi connectivity index (χ4n) is 3.08. The Labute approximate surface area is 160 Å². The van der Waals surface area contributed by atoms with Gasteiger partial charge in [-0.05, 0) is 55.8 Å². The zero-order chi connectivity index (χ0) is 20.1. The highest BCUT2D eigenvalue weighted by molar-refractivity contribution is 6.04. The summed E-state index contributed by atoms with van der Waals surface area (Å²) in [5, 5.41) is 8.57. The summed E-state index contributed by atoms with van der Waals surface area (Å²) in [4.78, 5) is 24.4. The lowest BCUT2D eigenvalue weighted by atomic mass is 10.1. The number of alkyl halides is 3. The lowest BCUT2D eigenvalue weighted by Gasteiger charge is -2.12. The van der Waals surface area contributed by atoms with Crippen molar-refractivity contribution in [3.63, 3.8) is 0 Å². The molecule has 0 saturated carbocycles. The maximum Gasteiger partial charge on any atom is 0.416 e. The van der Waals surface area contributed by atoms with Gasteiger partial charge in [-0.3, -0.25) is 9.59 Å². The number of rotatable bonds is 5. The number of carbonyl (C=O) groups excluding carboxylic acids is 2. The smallest absolute Gasteiger partial charge is 0.326 e. The maximum absolute atomic E-state index is 12.8. The first kappa shape index (κ1) is 19.9. The maximum atomic E-state index is 12.8. The fraction of sp³-hybridized carbons (Fsp3) is 0.300. The average molecular weight is 391 g/mol. The SMILES string of the molecule is O=C(CC1CCCN1)Nc1cccc(NC(=O)c2cccc(C(F)(F)F)c2)c1. The van der Waals surface area contributed by atoms with Gasteiger partial charge in [-0.15, -0.1) is 0 Å². The Morgan fingerprint density at radius 2 is 1.75 bits per heavy atom. The molecule has 1 unspecified atom stereocenters. The third kappa shape index (κ3) is 5.32. The number of carbonyl (C=O) groups is 2. The Balaban J connectivity index is 1.64. The minimum absolute atomic E-state index is 0.100. The van der Waals surface area contributed by atoms with E-state index in [-0.39, 0.29) is 17.5 Å². The van der Waals surface area contributed by atoms with Gasteiger partial charge < -0.3 is 16.0 Å². The van der Waals surface area contributed by atoms with E-state index in [1.54, 1.807) is 24.3 Å². The van der Waals surface area contributed by atoms with Crippen molar-refractivity contribution in [1.82, 2.24) is 5.32 Å². The molecule has 0 spiro atoms. The third-order valence-electron chi connectivity index (χ3n) is 4.45. The third-order valence-corrected chi connectivity index (χ3v) is 4.45. The number of benzene rings is 2. The van der Waals surface area contributed by atoms with Crippen molar-refractivity contribution < 1.29 is 22.8 Å². The lowest BCUT2D eigenvalue weighted by Crippen LogP contribution is -2.27. The normalized spacial score (nSPS) is 16.6. The van der Waals surface area contributed by atoms with Crippen LogP contribution in [0, 0.1) is 0 Å². The van der Waals surface area contributed by atoms with Gasteiger partial charge in [-0.2, -0.15) is 13.2 Å². The Morgan fingerprint density at radius 3 is 2.43 bits per heavy atom. The molecule has 8 heteroatoms. The van der Waals surface area contributed by atoms with E-state index in [0.717, 1.165) is 31.5 Å². The Bertz CT molecular complexity index is 862. The van der Waals surface area contributed by atoms with Crippen LogP contribution in [0.15, 0.2) is 48.5 Å². The molecule has 0 aliphatic carbocycles. The van der Waals surface area contributed by atoms with Crippen LogP contribution in [-0.2, 0) is 11.0 Å². The predicted octanol–water partition coefficient (Wildman–Crippen LogP) is 4.04. The molecule has 2 aromatic carbocycles. The molecule has 2 aromatic rings. The largest absolute Gasteiger partial charge is 0.416 e. The summed E-state index contributed by atoms with van der Waals surface area (Å²) in [7, 11) is 0. The standard InChI is InChI=1S/C20H20F3N3O2/c21-20(22,23)14-5-1-4-13(10-14)19(28)26-17-7-2-6-16(11-17)25-18(27)12-15-8-3-9-24-15/h1-2,4-7,10-11,15,24H,3,8-9,12H2,(H,25,27)(H,26,28). The molecule has 1 aliphatic heterocycles. The van der Waals surface area contributed by atoms with E-state index < -0.39 is 17.6 Å². The molecule has 28 heavy (non-hydrogen) atoms. The number of hydrogen-bond acceptors (Lipinski definition) is 3. The van der Waals surface area contributed by atoms with Crippen molar-refractivity contribution in [2.45, 2.75) is 31.5 Å². The number of hydrogen-bond donors (Lipinski definition) is 3. The lowest BCUT2D eigenvalue weighted by molar-refractivity contribution is -0.137. The second-order valence-corrected chi connectivity index (χ2v) is 6.66. The molecule has 5 nitrogen and oxygen atoms in total. The molecular formula is C20H20F3N3O2. The van der Waals surface area contributed by atoms with E-state index >= 15 is 0 Å². The zero-order valence-electron chi connectivity index (χ0n) is 15.0. The van der Waals surface area contributed by atoms with Gasteiger partial charge in [0.25, 0.3) is 5.91 Å². The summed E-state index contributed by atoms with van der Waals surface area (Å²) in [6.45, 7) is 0.912. The monoisotopic (exact) mass is 391 g/mol. The van der Waals surface area contributed by atoms with Crippen LogP contribution in [-0.4, -0.2) is 24.4 Å². The molecule has 1 saturated heterocycles. The number of anilines is 2. The van der Waals surface area contributed by atoms with Crippen molar-refractivity contribution >= 4 is 23.2 Å². The molecule has 2 amide bonds. The first-order valence-corrected chi connectivity index (χ1v) is 8.93. The van der Waals surface area contributed by atoms with Crippen LogP contribution in [0.25, 0.3) is 0 Å². The molecule has 0 bridgehead atoms. The first-order valence-electron chi connectivity index (χ1n) is 8.93. The summed E-state index contributed by atoms with van der Waals surface area (Å²) < 4.78 is 38.4. The molecular weight excluding hydrogens is 371 g/mol. The Kier molecular flexibility index (Phi) is 5.99. The van der Waals surface area contributed by atoms with Gasteiger partial charge in [0.05, 0.1) is 5.56 Å². The van der Waals surface area contributed by atoms with Crippen molar-refractivity contribution in [2.24, 2.45) is 0 Å². The molecule has 1 fully saturated rings.